The maximum Gasteiger partial charge on any atom is 0.286 e. The Kier molecular flexibility index (Phi) is 6.04. The van der Waals surface area contributed by atoms with Gasteiger partial charge in [-0.25, -0.2) is 4.39 Å². The third-order valence-electron chi connectivity index (χ3n) is 4.35. The third-order valence-corrected chi connectivity index (χ3v) is 4.35. The molecule has 0 radical (unpaired) electrons. The van der Waals surface area contributed by atoms with Crippen molar-refractivity contribution in [3.05, 3.63) is 47.5 Å². The summed E-state index contributed by atoms with van der Waals surface area (Å²) in [5.74, 6) is -0.321. The Bertz CT molecular complexity index is 612. The van der Waals surface area contributed by atoms with Crippen LogP contribution >= 0.6 is 0 Å². The van der Waals surface area contributed by atoms with Crippen molar-refractivity contribution in [2.24, 2.45) is 0 Å². The van der Waals surface area contributed by atoms with E-state index in [9.17, 15) is 9.18 Å². The minimum absolute atomic E-state index is 0.0721. The van der Waals surface area contributed by atoms with Crippen LogP contribution in [0.4, 0.5) is 4.39 Å². The van der Waals surface area contributed by atoms with Crippen LogP contribution in [0.25, 0.3) is 0 Å². The smallest absolute Gasteiger partial charge is 0.286 e. The fourth-order valence-electron chi connectivity index (χ4n) is 2.77. The van der Waals surface area contributed by atoms with Crippen LogP contribution in [-0.4, -0.2) is 36.6 Å². The molecule has 1 aliphatic carbocycles. The molecular formula is C19H24FNO4. The Hall–Kier alpha value is -1.92. The van der Waals surface area contributed by atoms with Crippen molar-refractivity contribution in [3.8, 4) is 0 Å². The summed E-state index contributed by atoms with van der Waals surface area (Å²) in [4.78, 5) is 12.3. The van der Waals surface area contributed by atoms with Crippen molar-refractivity contribution in [2.75, 3.05) is 13.2 Å². The maximum absolute atomic E-state index is 13.2. The van der Waals surface area contributed by atoms with Crippen LogP contribution in [0, 0.1) is 5.82 Å². The lowest BCUT2D eigenvalue weighted by molar-refractivity contribution is -0.146. The summed E-state index contributed by atoms with van der Waals surface area (Å²) in [7, 11) is 0. The molecule has 2 aliphatic rings. The summed E-state index contributed by atoms with van der Waals surface area (Å²) < 4.78 is 24.6. The Labute approximate surface area is 146 Å². The lowest BCUT2D eigenvalue weighted by Gasteiger charge is -2.29. The Morgan fingerprint density at radius 1 is 1.28 bits per heavy atom. The van der Waals surface area contributed by atoms with Gasteiger partial charge in [0.1, 0.15) is 5.82 Å². The fraction of sp³-hybridized carbons (Fsp3) is 0.526. The normalized spacial score (nSPS) is 22.9. The van der Waals surface area contributed by atoms with E-state index in [1.807, 2.05) is 0 Å². The first kappa shape index (κ1) is 17.9. The number of benzene rings is 1. The predicted octanol–water partition coefficient (Wildman–Crippen LogP) is 2.61. The third kappa shape index (κ3) is 5.28. The van der Waals surface area contributed by atoms with Crippen LogP contribution in [0.3, 0.4) is 0 Å². The summed E-state index contributed by atoms with van der Waals surface area (Å²) in [6, 6.07) is 6.52. The predicted molar refractivity (Wildman–Crippen MR) is 90.2 cm³/mol. The molecule has 2 N–H and O–H groups in total. The second-order valence-corrected chi connectivity index (χ2v) is 6.52. The van der Waals surface area contributed by atoms with Crippen molar-refractivity contribution in [1.29, 1.82) is 0 Å². The molecule has 0 unspecified atom stereocenters. The molecule has 25 heavy (non-hydrogen) atoms. The molecule has 0 bridgehead atoms. The van der Waals surface area contributed by atoms with Crippen LogP contribution in [0.5, 0.6) is 0 Å². The fourth-order valence-corrected chi connectivity index (χ4v) is 2.77. The van der Waals surface area contributed by atoms with Crippen LogP contribution < -0.4 is 5.32 Å². The number of hydrogen-bond acceptors (Lipinski definition) is 4. The summed E-state index contributed by atoms with van der Waals surface area (Å²) in [6.07, 6.45) is 5.22. The van der Waals surface area contributed by atoms with Gasteiger partial charge in [0.25, 0.3) is 5.91 Å². The Balaban J connectivity index is 1.69. The second kappa shape index (κ2) is 8.45. The number of aliphatic hydroxyl groups excluding tert-OH is 1. The van der Waals surface area contributed by atoms with Crippen molar-refractivity contribution in [3.63, 3.8) is 0 Å². The van der Waals surface area contributed by atoms with Gasteiger partial charge in [-0.15, -0.1) is 0 Å². The van der Waals surface area contributed by atoms with Crippen LogP contribution in [0.15, 0.2) is 36.1 Å². The highest BCUT2D eigenvalue weighted by Gasteiger charge is 2.31. The summed E-state index contributed by atoms with van der Waals surface area (Å²) in [5, 5.41) is 11.8. The van der Waals surface area contributed by atoms with Gasteiger partial charge >= 0.3 is 0 Å². The molecule has 1 saturated carbocycles. The minimum atomic E-state index is -0.529. The highest BCUT2D eigenvalue weighted by atomic mass is 19.1. The van der Waals surface area contributed by atoms with E-state index in [-0.39, 0.29) is 36.1 Å². The number of rotatable bonds is 8. The minimum Gasteiger partial charge on any atom is -0.459 e. The number of aliphatic hydroxyl groups is 1. The number of hydrogen-bond donors (Lipinski definition) is 2. The van der Waals surface area contributed by atoms with E-state index in [4.69, 9.17) is 14.6 Å². The van der Waals surface area contributed by atoms with E-state index in [1.165, 1.54) is 12.1 Å². The molecule has 3 rings (SSSR count). The highest BCUT2D eigenvalue weighted by Crippen LogP contribution is 2.32. The summed E-state index contributed by atoms with van der Waals surface area (Å²) >= 11 is 0. The topological polar surface area (TPSA) is 67.8 Å². The average molecular weight is 349 g/mol. The van der Waals surface area contributed by atoms with Gasteiger partial charge in [0.15, 0.2) is 5.76 Å². The zero-order valence-corrected chi connectivity index (χ0v) is 14.1. The van der Waals surface area contributed by atoms with E-state index in [2.05, 4.69) is 5.32 Å². The molecule has 0 spiro atoms. The van der Waals surface area contributed by atoms with Crippen LogP contribution in [-0.2, 0) is 14.3 Å². The lowest BCUT2D eigenvalue weighted by Crippen LogP contribution is -2.34. The number of nitrogens with one attached hydrogen (secondary N) is 1. The molecule has 2 atom stereocenters. The van der Waals surface area contributed by atoms with Gasteiger partial charge in [0.05, 0.1) is 6.61 Å². The van der Waals surface area contributed by atoms with E-state index in [1.54, 1.807) is 18.2 Å². The molecule has 1 aromatic rings. The molecular weight excluding hydrogens is 325 g/mol. The van der Waals surface area contributed by atoms with Gasteiger partial charge < -0.3 is 19.9 Å². The summed E-state index contributed by atoms with van der Waals surface area (Å²) in [5.41, 5.74) is 0.922. The van der Waals surface area contributed by atoms with Gasteiger partial charge in [-0.05, 0) is 49.5 Å². The van der Waals surface area contributed by atoms with Gasteiger partial charge in [-0.3, -0.25) is 4.79 Å². The van der Waals surface area contributed by atoms with E-state index >= 15 is 0 Å². The number of carbonyl (C=O) groups is 1. The van der Waals surface area contributed by atoms with Crippen LogP contribution in [0.1, 0.15) is 43.6 Å². The zero-order chi connectivity index (χ0) is 17.6. The maximum atomic E-state index is 13.2. The molecule has 0 saturated heterocycles. The number of unbranched alkanes of at least 4 members (excludes halogenated alkanes) is 1. The van der Waals surface area contributed by atoms with Gasteiger partial charge in [0.2, 0.25) is 6.29 Å². The molecule has 1 heterocycles. The van der Waals surface area contributed by atoms with Gasteiger partial charge in [-0.1, -0.05) is 12.1 Å². The van der Waals surface area contributed by atoms with Gasteiger partial charge in [0, 0.05) is 25.0 Å². The first-order chi connectivity index (χ1) is 12.2. The quantitative estimate of drug-likeness (QED) is 0.708. The molecule has 1 aliphatic heterocycles. The van der Waals surface area contributed by atoms with Crippen LogP contribution in [0.2, 0.25) is 0 Å². The van der Waals surface area contributed by atoms with E-state index in [0.717, 1.165) is 24.8 Å². The van der Waals surface area contributed by atoms with Crippen molar-refractivity contribution in [1.82, 2.24) is 5.32 Å². The average Bonchev–Trinajstić information content (AvgIpc) is 3.43. The first-order valence-electron chi connectivity index (χ1n) is 8.83. The van der Waals surface area contributed by atoms with Gasteiger partial charge in [-0.2, -0.15) is 0 Å². The van der Waals surface area contributed by atoms with E-state index < -0.39 is 6.29 Å². The monoisotopic (exact) mass is 349 g/mol. The zero-order valence-electron chi connectivity index (χ0n) is 14.1. The molecule has 1 aromatic carbocycles. The number of carbonyl (C=O) groups excluding carboxylic acids is 1. The Morgan fingerprint density at radius 2 is 2.04 bits per heavy atom. The van der Waals surface area contributed by atoms with Crippen molar-refractivity contribution < 1.29 is 23.8 Å². The number of halogens is 1. The first-order valence-corrected chi connectivity index (χ1v) is 8.83. The number of amides is 1. The molecule has 1 amide bonds. The van der Waals surface area contributed by atoms with E-state index in [0.29, 0.717) is 19.4 Å². The molecule has 6 heteroatoms. The molecule has 1 fully saturated rings. The summed E-state index contributed by atoms with van der Waals surface area (Å²) in [6.45, 7) is 0.584. The molecule has 0 aromatic heterocycles. The van der Waals surface area contributed by atoms with Crippen molar-refractivity contribution in [2.45, 2.75) is 50.4 Å². The molecule has 5 nitrogen and oxygen atoms in total. The second-order valence-electron chi connectivity index (χ2n) is 6.52. The largest absolute Gasteiger partial charge is 0.459 e. The standard InChI is InChI=1S/C19H24FNO4/c20-15-5-3-13(4-6-15)14-11-17(19(23)21-16-7-8-16)25-18(12-14)24-10-2-1-9-22/h3-6,11,14,16,18,22H,1-2,7-10,12H2,(H,21,23)/t14-,18+/m1/s1. The Morgan fingerprint density at radius 3 is 2.72 bits per heavy atom. The lowest BCUT2D eigenvalue weighted by atomic mass is 9.93. The SMILES string of the molecule is O=C(NC1CC1)C1=C[C@@H](c2ccc(F)cc2)C[C@@H](OCCCCO)O1. The highest BCUT2D eigenvalue weighted by molar-refractivity contribution is 5.92. The molecule has 136 valence electrons. The number of allylic oxidation sites excluding steroid dienone is 1. The van der Waals surface area contributed by atoms with Crippen molar-refractivity contribution >= 4 is 5.91 Å². The number of ether oxygens (including phenoxy) is 2.